The van der Waals surface area contributed by atoms with Crippen LogP contribution in [-0.4, -0.2) is 74.5 Å². The Balaban J connectivity index is 0.000000538. The maximum atomic E-state index is 13.2. The zero-order valence-electron chi connectivity index (χ0n) is 20.9. The highest BCUT2D eigenvalue weighted by atomic mass is 16.4. The fraction of sp³-hybridized carbons (Fsp3) is 0.667. The second kappa shape index (κ2) is 13.2. The van der Waals surface area contributed by atoms with E-state index in [9.17, 15) is 15.0 Å². The molecule has 36 heavy (non-hydrogen) atoms. The Labute approximate surface area is 212 Å². The summed E-state index contributed by atoms with van der Waals surface area (Å²) < 4.78 is 0. The predicted molar refractivity (Wildman–Crippen MR) is 133 cm³/mol. The third kappa shape index (κ3) is 7.27. The van der Waals surface area contributed by atoms with E-state index in [0.717, 1.165) is 25.8 Å². The van der Waals surface area contributed by atoms with E-state index in [1.165, 1.54) is 43.2 Å². The van der Waals surface area contributed by atoms with Crippen molar-refractivity contribution in [1.82, 2.24) is 10.2 Å². The second-order valence-electron chi connectivity index (χ2n) is 10.3. The maximum absolute atomic E-state index is 13.2. The SMILES string of the molecule is O=C(CNCC[C@]1(O)CCCC[C@H]1O)N1CCc2ccccc2C1C1CCCCC1.O=C(O)C(=O)O. The van der Waals surface area contributed by atoms with Gasteiger partial charge in [0.05, 0.1) is 24.3 Å². The van der Waals surface area contributed by atoms with Crippen LogP contribution in [0.2, 0.25) is 0 Å². The van der Waals surface area contributed by atoms with Crippen molar-refractivity contribution in [2.45, 2.75) is 88.4 Å². The molecule has 200 valence electrons. The number of aliphatic hydroxyl groups excluding tert-OH is 1. The molecule has 3 aliphatic rings. The van der Waals surface area contributed by atoms with Crippen LogP contribution in [0.15, 0.2) is 24.3 Å². The molecule has 1 heterocycles. The number of nitrogens with one attached hydrogen (secondary N) is 1. The monoisotopic (exact) mass is 504 g/mol. The number of amides is 1. The lowest BCUT2D eigenvalue weighted by Gasteiger charge is -2.43. The first-order valence-electron chi connectivity index (χ1n) is 13.2. The van der Waals surface area contributed by atoms with Gasteiger partial charge in [0.15, 0.2) is 0 Å². The van der Waals surface area contributed by atoms with Crippen LogP contribution in [0.25, 0.3) is 0 Å². The molecule has 1 aliphatic heterocycles. The summed E-state index contributed by atoms with van der Waals surface area (Å²) in [6, 6.07) is 8.87. The Kier molecular flexibility index (Phi) is 10.3. The number of aliphatic carboxylic acids is 2. The molecule has 1 aromatic carbocycles. The molecule has 0 aromatic heterocycles. The summed E-state index contributed by atoms with van der Waals surface area (Å²) in [7, 11) is 0. The van der Waals surface area contributed by atoms with Gasteiger partial charge in [0.2, 0.25) is 5.91 Å². The average Bonchev–Trinajstić information content (AvgIpc) is 2.88. The first kappa shape index (κ1) is 28.1. The van der Waals surface area contributed by atoms with Gasteiger partial charge in [-0.05, 0) is 62.1 Å². The summed E-state index contributed by atoms with van der Waals surface area (Å²) in [5.74, 6) is -2.93. The highest BCUT2D eigenvalue weighted by Crippen LogP contribution is 2.42. The molecule has 0 spiro atoms. The van der Waals surface area contributed by atoms with Crippen LogP contribution in [0, 0.1) is 5.92 Å². The van der Waals surface area contributed by atoms with Crippen molar-refractivity contribution in [3.8, 4) is 0 Å². The van der Waals surface area contributed by atoms with Gasteiger partial charge >= 0.3 is 11.9 Å². The number of carbonyl (C=O) groups is 3. The lowest BCUT2D eigenvalue weighted by Crippen LogP contribution is -2.49. The maximum Gasteiger partial charge on any atom is 0.414 e. The van der Waals surface area contributed by atoms with Gasteiger partial charge in [-0.15, -0.1) is 0 Å². The number of carboxylic acids is 2. The van der Waals surface area contributed by atoms with Crippen molar-refractivity contribution in [3.05, 3.63) is 35.4 Å². The summed E-state index contributed by atoms with van der Waals surface area (Å²) in [6.07, 6.45) is 10.3. The van der Waals surface area contributed by atoms with Crippen molar-refractivity contribution < 1.29 is 34.8 Å². The van der Waals surface area contributed by atoms with Gasteiger partial charge in [-0.2, -0.15) is 0 Å². The zero-order chi connectivity index (χ0) is 26.1. The zero-order valence-corrected chi connectivity index (χ0v) is 20.9. The average molecular weight is 505 g/mol. The predicted octanol–water partition coefficient (Wildman–Crippen LogP) is 2.49. The fourth-order valence-electron chi connectivity index (χ4n) is 5.93. The van der Waals surface area contributed by atoms with Gasteiger partial charge in [-0.3, -0.25) is 4.79 Å². The van der Waals surface area contributed by atoms with E-state index in [2.05, 4.69) is 34.5 Å². The molecule has 0 bridgehead atoms. The first-order chi connectivity index (χ1) is 17.2. The number of nitrogens with zero attached hydrogens (tertiary/aromatic N) is 1. The molecule has 1 unspecified atom stereocenters. The molecule has 9 heteroatoms. The largest absolute Gasteiger partial charge is 0.473 e. The first-order valence-corrected chi connectivity index (χ1v) is 13.2. The summed E-state index contributed by atoms with van der Waals surface area (Å²) in [5, 5.41) is 38.9. The number of carbonyl (C=O) groups excluding carboxylic acids is 1. The molecule has 0 radical (unpaired) electrons. The van der Waals surface area contributed by atoms with Gasteiger partial charge in [0, 0.05) is 6.54 Å². The van der Waals surface area contributed by atoms with E-state index in [1.54, 1.807) is 0 Å². The minimum absolute atomic E-state index is 0.163. The smallest absolute Gasteiger partial charge is 0.414 e. The fourth-order valence-corrected chi connectivity index (χ4v) is 5.93. The molecular formula is C27H40N2O7. The molecule has 4 rings (SSSR count). The molecule has 0 saturated heterocycles. The van der Waals surface area contributed by atoms with Crippen LogP contribution in [0.5, 0.6) is 0 Å². The van der Waals surface area contributed by atoms with Crippen LogP contribution in [0.4, 0.5) is 0 Å². The van der Waals surface area contributed by atoms with E-state index >= 15 is 0 Å². The van der Waals surface area contributed by atoms with Crippen molar-refractivity contribution >= 4 is 17.8 Å². The topological polar surface area (TPSA) is 147 Å². The van der Waals surface area contributed by atoms with Gasteiger partial charge in [0.25, 0.3) is 0 Å². The van der Waals surface area contributed by atoms with Crippen LogP contribution in [-0.2, 0) is 20.8 Å². The summed E-state index contributed by atoms with van der Waals surface area (Å²) in [4.78, 5) is 33.5. The molecule has 1 amide bonds. The van der Waals surface area contributed by atoms with E-state index in [1.807, 2.05) is 0 Å². The van der Waals surface area contributed by atoms with Crippen molar-refractivity contribution in [3.63, 3.8) is 0 Å². The van der Waals surface area contributed by atoms with Crippen LogP contribution in [0.1, 0.15) is 81.4 Å². The molecule has 2 fully saturated rings. The summed E-state index contributed by atoms with van der Waals surface area (Å²) in [6.45, 7) is 1.65. The Hall–Kier alpha value is -2.49. The number of rotatable bonds is 6. The van der Waals surface area contributed by atoms with Gasteiger partial charge in [0.1, 0.15) is 0 Å². The Morgan fingerprint density at radius 1 is 0.972 bits per heavy atom. The highest BCUT2D eigenvalue weighted by Gasteiger charge is 2.38. The molecule has 3 atom stereocenters. The van der Waals surface area contributed by atoms with Crippen molar-refractivity contribution in [1.29, 1.82) is 0 Å². The lowest BCUT2D eigenvalue weighted by atomic mass is 9.77. The quantitative estimate of drug-likeness (QED) is 0.293. The Morgan fingerprint density at radius 2 is 1.64 bits per heavy atom. The van der Waals surface area contributed by atoms with Gasteiger partial charge in [-0.25, -0.2) is 9.59 Å². The summed E-state index contributed by atoms with van der Waals surface area (Å²) >= 11 is 0. The number of hydrogen-bond donors (Lipinski definition) is 5. The summed E-state index contributed by atoms with van der Waals surface area (Å²) in [5.41, 5.74) is 1.76. The molecule has 2 saturated carbocycles. The van der Waals surface area contributed by atoms with E-state index in [4.69, 9.17) is 19.8 Å². The molecule has 9 nitrogen and oxygen atoms in total. The molecule has 2 aliphatic carbocycles. The number of hydrogen-bond acceptors (Lipinski definition) is 6. The van der Waals surface area contributed by atoms with Gasteiger partial charge in [-0.1, -0.05) is 56.4 Å². The van der Waals surface area contributed by atoms with Gasteiger partial charge < -0.3 is 30.6 Å². The number of fused-ring (bicyclic) bond motifs is 1. The third-order valence-electron chi connectivity index (χ3n) is 7.90. The second-order valence-corrected chi connectivity index (χ2v) is 10.3. The normalized spacial score (nSPS) is 26.3. The van der Waals surface area contributed by atoms with Crippen LogP contribution < -0.4 is 5.32 Å². The number of carboxylic acid groups (broad SMARTS) is 2. The van der Waals surface area contributed by atoms with Crippen molar-refractivity contribution in [2.24, 2.45) is 5.92 Å². The Bertz CT molecular complexity index is 890. The molecule has 1 aromatic rings. The highest BCUT2D eigenvalue weighted by molar-refractivity contribution is 6.27. The molecular weight excluding hydrogens is 464 g/mol. The minimum atomic E-state index is -1.82. The standard InChI is InChI=1S/C25H38N2O3.C2H2O4/c28-22-12-6-7-14-25(22,30)15-16-26-18-23(29)27-17-13-19-8-4-5-11-21(19)24(27)20-9-2-1-3-10-20;3-1(4)2(5)6/h4-5,8,11,20,22,24,26,28,30H,1-3,6-7,9-10,12-18H2;(H,3,4)(H,5,6)/t22-,24?,25-;/m1./s1. The number of aliphatic hydroxyl groups is 2. The lowest BCUT2D eigenvalue weighted by molar-refractivity contribution is -0.159. The van der Waals surface area contributed by atoms with E-state index in [-0.39, 0.29) is 11.9 Å². The van der Waals surface area contributed by atoms with Crippen LogP contribution in [0.3, 0.4) is 0 Å². The van der Waals surface area contributed by atoms with E-state index < -0.39 is 23.6 Å². The minimum Gasteiger partial charge on any atom is -0.473 e. The molecule has 5 N–H and O–H groups in total. The van der Waals surface area contributed by atoms with Crippen molar-refractivity contribution in [2.75, 3.05) is 19.6 Å². The third-order valence-corrected chi connectivity index (χ3v) is 7.90. The van der Waals surface area contributed by atoms with Crippen LogP contribution >= 0.6 is 0 Å². The number of benzene rings is 1. The Morgan fingerprint density at radius 3 is 2.31 bits per heavy atom. The van der Waals surface area contributed by atoms with E-state index in [0.29, 0.717) is 38.3 Å².